The first-order valence-corrected chi connectivity index (χ1v) is 10.5. The first-order chi connectivity index (χ1) is 14.6. The van der Waals surface area contributed by atoms with Crippen molar-refractivity contribution in [2.45, 2.75) is 6.54 Å². The Morgan fingerprint density at radius 1 is 1.03 bits per heavy atom. The standard InChI is InChI=1S/C22H22Cl2N4O2/c1-30-20-8-7-17(23)13-16(20)15-26-9-11-27(12-10-26)19-14-25-28(22(29)21(19)24)18-5-3-2-4-6-18/h2-8,13-14H,9-12,15H2,1H3. The molecule has 0 aliphatic carbocycles. The van der Waals surface area contributed by atoms with Crippen LogP contribution in [-0.4, -0.2) is 48.0 Å². The van der Waals surface area contributed by atoms with Crippen molar-refractivity contribution in [3.05, 3.63) is 80.7 Å². The molecule has 0 spiro atoms. The third-order valence-electron chi connectivity index (χ3n) is 5.25. The number of anilines is 1. The summed E-state index contributed by atoms with van der Waals surface area (Å²) < 4.78 is 6.78. The van der Waals surface area contributed by atoms with Gasteiger partial charge < -0.3 is 9.64 Å². The zero-order valence-corrected chi connectivity index (χ0v) is 18.1. The molecule has 0 saturated carbocycles. The van der Waals surface area contributed by atoms with Crippen LogP contribution < -0.4 is 15.2 Å². The number of benzene rings is 2. The van der Waals surface area contributed by atoms with Crippen LogP contribution in [0, 0.1) is 0 Å². The summed E-state index contributed by atoms with van der Waals surface area (Å²) >= 11 is 12.6. The molecule has 0 radical (unpaired) electrons. The summed E-state index contributed by atoms with van der Waals surface area (Å²) in [6.45, 7) is 3.90. The van der Waals surface area contributed by atoms with Gasteiger partial charge in [0.2, 0.25) is 0 Å². The Balaban J connectivity index is 1.46. The Morgan fingerprint density at radius 3 is 2.47 bits per heavy atom. The largest absolute Gasteiger partial charge is 0.496 e. The van der Waals surface area contributed by atoms with Crippen LogP contribution >= 0.6 is 23.2 Å². The lowest BCUT2D eigenvalue weighted by molar-refractivity contribution is 0.246. The summed E-state index contributed by atoms with van der Waals surface area (Å²) in [5.41, 5.74) is 2.11. The van der Waals surface area contributed by atoms with Gasteiger partial charge in [0.1, 0.15) is 10.8 Å². The van der Waals surface area contributed by atoms with Crippen molar-refractivity contribution >= 4 is 28.9 Å². The monoisotopic (exact) mass is 444 g/mol. The lowest BCUT2D eigenvalue weighted by Crippen LogP contribution is -2.46. The van der Waals surface area contributed by atoms with E-state index in [1.807, 2.05) is 48.5 Å². The SMILES string of the molecule is COc1ccc(Cl)cc1CN1CCN(c2cnn(-c3ccccc3)c(=O)c2Cl)CC1. The maximum atomic E-state index is 12.7. The van der Waals surface area contributed by atoms with Gasteiger partial charge in [0, 0.05) is 43.3 Å². The van der Waals surface area contributed by atoms with Gasteiger partial charge in [-0.3, -0.25) is 9.69 Å². The summed E-state index contributed by atoms with van der Waals surface area (Å²) in [6.07, 6.45) is 1.67. The molecule has 30 heavy (non-hydrogen) atoms. The zero-order chi connectivity index (χ0) is 21.1. The van der Waals surface area contributed by atoms with Gasteiger partial charge in [0.15, 0.2) is 0 Å². The first-order valence-electron chi connectivity index (χ1n) is 9.70. The predicted molar refractivity (Wildman–Crippen MR) is 120 cm³/mol. The van der Waals surface area contributed by atoms with Crippen molar-refractivity contribution in [2.75, 3.05) is 38.2 Å². The van der Waals surface area contributed by atoms with Crippen molar-refractivity contribution in [2.24, 2.45) is 0 Å². The molecule has 0 atom stereocenters. The quantitative estimate of drug-likeness (QED) is 0.597. The van der Waals surface area contributed by atoms with Crippen LogP contribution in [0.4, 0.5) is 5.69 Å². The van der Waals surface area contributed by atoms with Crippen LogP contribution in [0.2, 0.25) is 10.0 Å². The Hall–Kier alpha value is -2.54. The van der Waals surface area contributed by atoms with Crippen LogP contribution in [0.5, 0.6) is 5.75 Å². The Morgan fingerprint density at radius 2 is 1.77 bits per heavy atom. The molecule has 3 aromatic rings. The van der Waals surface area contributed by atoms with Gasteiger partial charge in [-0.25, -0.2) is 0 Å². The van der Waals surface area contributed by atoms with Gasteiger partial charge in [0.25, 0.3) is 5.56 Å². The van der Waals surface area contributed by atoms with E-state index in [0.29, 0.717) is 16.4 Å². The molecule has 8 heteroatoms. The van der Waals surface area contributed by atoms with E-state index in [1.165, 1.54) is 4.68 Å². The summed E-state index contributed by atoms with van der Waals surface area (Å²) in [7, 11) is 1.66. The van der Waals surface area contributed by atoms with Crippen LogP contribution in [0.1, 0.15) is 5.56 Å². The van der Waals surface area contributed by atoms with Gasteiger partial charge >= 0.3 is 0 Å². The van der Waals surface area contributed by atoms with Crippen LogP contribution in [-0.2, 0) is 6.54 Å². The van der Waals surface area contributed by atoms with Gasteiger partial charge in [0.05, 0.1) is 24.7 Å². The lowest BCUT2D eigenvalue weighted by atomic mass is 10.1. The summed E-state index contributed by atoms with van der Waals surface area (Å²) in [6, 6.07) is 14.9. The van der Waals surface area contributed by atoms with Gasteiger partial charge in [-0.05, 0) is 30.3 Å². The van der Waals surface area contributed by atoms with Crippen molar-refractivity contribution in [3.63, 3.8) is 0 Å². The fraction of sp³-hybridized carbons (Fsp3) is 0.273. The molecule has 1 aromatic heterocycles. The normalized spacial score (nSPS) is 14.7. The second-order valence-corrected chi connectivity index (χ2v) is 7.93. The van der Waals surface area contributed by atoms with Crippen LogP contribution in [0.15, 0.2) is 59.5 Å². The van der Waals surface area contributed by atoms with E-state index < -0.39 is 0 Å². The molecule has 156 valence electrons. The molecule has 0 bridgehead atoms. The molecule has 1 saturated heterocycles. The Labute approximate surface area is 185 Å². The maximum absolute atomic E-state index is 12.7. The van der Waals surface area contributed by atoms with Crippen molar-refractivity contribution in [3.8, 4) is 11.4 Å². The number of aromatic nitrogens is 2. The number of hydrogen-bond acceptors (Lipinski definition) is 5. The van der Waals surface area contributed by atoms with E-state index in [-0.39, 0.29) is 10.6 Å². The lowest BCUT2D eigenvalue weighted by Gasteiger charge is -2.36. The predicted octanol–water partition coefficient (Wildman–Crippen LogP) is 3.87. The van der Waals surface area contributed by atoms with Crippen molar-refractivity contribution in [1.29, 1.82) is 0 Å². The number of halogens is 2. The highest BCUT2D eigenvalue weighted by Gasteiger charge is 2.22. The molecule has 0 N–H and O–H groups in total. The molecule has 0 amide bonds. The average molecular weight is 445 g/mol. The number of rotatable bonds is 5. The number of para-hydroxylation sites is 1. The molecule has 6 nitrogen and oxygen atoms in total. The average Bonchev–Trinajstić information content (AvgIpc) is 2.77. The molecule has 0 unspecified atom stereocenters. The smallest absolute Gasteiger partial charge is 0.292 e. The summed E-state index contributed by atoms with van der Waals surface area (Å²) in [5.74, 6) is 0.832. The van der Waals surface area contributed by atoms with Gasteiger partial charge in [-0.15, -0.1) is 0 Å². The van der Waals surface area contributed by atoms with E-state index in [2.05, 4.69) is 14.9 Å². The zero-order valence-electron chi connectivity index (χ0n) is 16.6. The number of methoxy groups -OCH3 is 1. The fourth-order valence-electron chi connectivity index (χ4n) is 3.66. The molecule has 2 aromatic carbocycles. The number of piperazine rings is 1. The first kappa shape index (κ1) is 20.7. The van der Waals surface area contributed by atoms with Crippen molar-refractivity contribution in [1.82, 2.24) is 14.7 Å². The van der Waals surface area contributed by atoms with Gasteiger partial charge in [-0.1, -0.05) is 41.4 Å². The van der Waals surface area contributed by atoms with Crippen LogP contribution in [0.25, 0.3) is 5.69 Å². The van der Waals surface area contributed by atoms with Gasteiger partial charge in [-0.2, -0.15) is 9.78 Å². The highest BCUT2D eigenvalue weighted by molar-refractivity contribution is 6.33. The third kappa shape index (κ3) is 4.31. The number of hydrogen-bond donors (Lipinski definition) is 0. The summed E-state index contributed by atoms with van der Waals surface area (Å²) in [5, 5.41) is 5.23. The molecular weight excluding hydrogens is 423 g/mol. The topological polar surface area (TPSA) is 50.6 Å². The van der Waals surface area contributed by atoms with E-state index >= 15 is 0 Å². The molecule has 1 fully saturated rings. The molecule has 1 aliphatic heterocycles. The van der Waals surface area contributed by atoms with E-state index in [9.17, 15) is 4.79 Å². The molecule has 4 rings (SSSR count). The minimum absolute atomic E-state index is 0.193. The van der Waals surface area contributed by atoms with E-state index in [4.69, 9.17) is 27.9 Å². The van der Waals surface area contributed by atoms with Crippen molar-refractivity contribution < 1.29 is 4.74 Å². The van der Waals surface area contributed by atoms with E-state index in [1.54, 1.807) is 13.3 Å². The highest BCUT2D eigenvalue weighted by Crippen LogP contribution is 2.26. The second-order valence-electron chi connectivity index (χ2n) is 7.12. The number of ether oxygens (including phenoxy) is 1. The van der Waals surface area contributed by atoms with Crippen LogP contribution in [0.3, 0.4) is 0 Å². The Kier molecular flexibility index (Phi) is 6.27. The molecule has 2 heterocycles. The molecular formula is C22H22Cl2N4O2. The third-order valence-corrected chi connectivity index (χ3v) is 5.84. The maximum Gasteiger partial charge on any atom is 0.292 e. The minimum atomic E-state index is -0.313. The molecule has 1 aliphatic rings. The highest BCUT2D eigenvalue weighted by atomic mass is 35.5. The second kappa shape index (κ2) is 9.08. The number of nitrogens with zero attached hydrogens (tertiary/aromatic N) is 4. The summed E-state index contributed by atoms with van der Waals surface area (Å²) in [4.78, 5) is 17.2. The van der Waals surface area contributed by atoms with E-state index in [0.717, 1.165) is 44.0 Å². The Bertz CT molecular complexity index is 1080. The fourth-order valence-corrected chi connectivity index (χ4v) is 4.10. The minimum Gasteiger partial charge on any atom is -0.496 e.